The maximum Gasteiger partial charge on any atom is 0.490 e. The number of hydrogen-bond acceptors (Lipinski definition) is 8. The molecule has 0 aliphatic carbocycles. The minimum absolute atomic E-state index is 0.530. The Morgan fingerprint density at radius 1 is 0.714 bits per heavy atom. The average molecular weight is 711 g/mol. The number of nitrogens with one attached hydrogen (secondary N) is 1. The van der Waals surface area contributed by atoms with Gasteiger partial charge in [0.2, 0.25) is 5.95 Å². The normalized spacial score (nSPS) is 11.3. The molecule has 22 heteroatoms. The second-order valence-electron chi connectivity index (χ2n) is 9.20. The number of carboxylic acids is 3. The SMILES string of the molecule is Cc1cc2c(cc(Nc3ncccn3)c3nnc(C)n32)n1Cc1ccccc1.O=C(O)C(F)(F)F.O=C(O)C(F)(F)F.O=C(O)C(F)(F)F. The van der Waals surface area contributed by atoms with Gasteiger partial charge in [-0.05, 0) is 37.6 Å². The van der Waals surface area contributed by atoms with E-state index in [9.17, 15) is 39.5 Å². The van der Waals surface area contributed by atoms with E-state index in [1.54, 1.807) is 18.5 Å². The Bertz CT molecular complexity index is 1830. The number of halogens is 9. The van der Waals surface area contributed by atoms with Gasteiger partial charge in [0.1, 0.15) is 5.82 Å². The summed E-state index contributed by atoms with van der Waals surface area (Å²) in [5, 5.41) is 33.3. The zero-order chi connectivity index (χ0) is 37.3. The number of aliphatic carboxylic acids is 3. The zero-order valence-electron chi connectivity index (χ0n) is 24.6. The first-order valence-electron chi connectivity index (χ1n) is 12.9. The summed E-state index contributed by atoms with van der Waals surface area (Å²) in [7, 11) is 0. The summed E-state index contributed by atoms with van der Waals surface area (Å²) < 4.78 is 99.6. The van der Waals surface area contributed by atoms with E-state index in [0.29, 0.717) is 5.95 Å². The van der Waals surface area contributed by atoms with Gasteiger partial charge >= 0.3 is 36.4 Å². The van der Waals surface area contributed by atoms with Gasteiger partial charge in [0.05, 0.1) is 16.7 Å². The van der Waals surface area contributed by atoms with Crippen LogP contribution in [0.4, 0.5) is 51.1 Å². The Morgan fingerprint density at radius 2 is 1.18 bits per heavy atom. The Morgan fingerprint density at radius 3 is 1.63 bits per heavy atom. The molecule has 5 rings (SSSR count). The molecule has 0 radical (unpaired) electrons. The summed E-state index contributed by atoms with van der Waals surface area (Å²) >= 11 is 0. The Balaban J connectivity index is 0.000000325. The van der Waals surface area contributed by atoms with E-state index in [2.05, 4.69) is 77.8 Å². The summed E-state index contributed by atoms with van der Waals surface area (Å²) in [4.78, 5) is 35.2. The molecule has 0 saturated heterocycles. The van der Waals surface area contributed by atoms with Gasteiger partial charge in [0, 0.05) is 24.6 Å². The smallest absolute Gasteiger partial charge is 0.475 e. The van der Waals surface area contributed by atoms with E-state index in [0.717, 1.165) is 34.7 Å². The molecule has 13 nitrogen and oxygen atoms in total. The van der Waals surface area contributed by atoms with Crippen LogP contribution in [-0.4, -0.2) is 80.9 Å². The fraction of sp³-hybridized carbons (Fsp3) is 0.222. The van der Waals surface area contributed by atoms with Crippen molar-refractivity contribution in [3.63, 3.8) is 0 Å². The minimum atomic E-state index is -5.08. The van der Waals surface area contributed by atoms with Crippen molar-refractivity contribution < 1.29 is 69.2 Å². The van der Waals surface area contributed by atoms with Gasteiger partial charge in [-0.2, -0.15) is 39.5 Å². The lowest BCUT2D eigenvalue weighted by Gasteiger charge is -2.11. The molecule has 4 heterocycles. The number of fused-ring (bicyclic) bond motifs is 3. The molecular formula is C27H22F9N7O6. The van der Waals surface area contributed by atoms with E-state index in [1.165, 1.54) is 11.3 Å². The van der Waals surface area contributed by atoms with E-state index in [-0.39, 0.29) is 0 Å². The standard InChI is InChI=1S/C21H19N7.3C2HF3O2/c1-14-11-19-18(27(14)13-16-7-4-3-5-8-16)12-17(20-26-25-15(2)28(19)20)24-21-22-9-6-10-23-21;3*3-2(4,5)1(6)7/h3-12H,13H2,1-2H3,(H,22,23,24);3*(H,6,7). The van der Waals surface area contributed by atoms with Crippen molar-refractivity contribution in [2.24, 2.45) is 0 Å². The van der Waals surface area contributed by atoms with Crippen molar-refractivity contribution in [2.45, 2.75) is 38.9 Å². The number of pyridine rings is 1. The number of alkyl halides is 9. The van der Waals surface area contributed by atoms with E-state index in [4.69, 9.17) is 29.7 Å². The highest BCUT2D eigenvalue weighted by Gasteiger charge is 2.39. The molecule has 0 spiro atoms. The number of carboxylic acid groups (broad SMARTS) is 3. The molecule has 5 aromatic rings. The summed E-state index contributed by atoms with van der Waals surface area (Å²) in [6, 6.07) is 16.5. The fourth-order valence-corrected chi connectivity index (χ4v) is 3.59. The summed E-state index contributed by atoms with van der Waals surface area (Å²) in [5.41, 5.74) is 6.22. The van der Waals surface area contributed by atoms with Crippen LogP contribution in [0, 0.1) is 13.8 Å². The van der Waals surface area contributed by atoms with Crippen molar-refractivity contribution in [1.29, 1.82) is 0 Å². The molecule has 49 heavy (non-hydrogen) atoms. The zero-order valence-corrected chi connectivity index (χ0v) is 24.6. The lowest BCUT2D eigenvalue weighted by atomic mass is 10.2. The van der Waals surface area contributed by atoms with Gasteiger partial charge in [0.15, 0.2) is 5.65 Å². The first-order chi connectivity index (χ1) is 22.5. The number of anilines is 2. The van der Waals surface area contributed by atoms with Gasteiger partial charge in [-0.15, -0.1) is 10.2 Å². The van der Waals surface area contributed by atoms with E-state index < -0.39 is 36.4 Å². The first-order valence-corrected chi connectivity index (χ1v) is 12.9. The third kappa shape index (κ3) is 11.4. The van der Waals surface area contributed by atoms with Crippen molar-refractivity contribution in [3.8, 4) is 0 Å². The largest absolute Gasteiger partial charge is 0.490 e. The molecule has 0 fully saturated rings. The summed E-state index contributed by atoms with van der Waals surface area (Å²) in [5.74, 6) is -6.90. The second kappa shape index (κ2) is 15.8. The van der Waals surface area contributed by atoms with Crippen LogP contribution in [0.3, 0.4) is 0 Å². The van der Waals surface area contributed by atoms with Gasteiger partial charge in [-0.1, -0.05) is 30.3 Å². The molecule has 4 N–H and O–H groups in total. The highest BCUT2D eigenvalue weighted by atomic mass is 19.4. The van der Waals surface area contributed by atoms with Crippen LogP contribution in [0.25, 0.3) is 16.7 Å². The van der Waals surface area contributed by atoms with Crippen molar-refractivity contribution in [2.75, 3.05) is 5.32 Å². The quantitative estimate of drug-likeness (QED) is 0.166. The van der Waals surface area contributed by atoms with Crippen molar-refractivity contribution >= 4 is 46.2 Å². The molecule has 0 aliphatic heterocycles. The van der Waals surface area contributed by atoms with Crippen molar-refractivity contribution in [3.05, 3.63) is 78.0 Å². The molecule has 264 valence electrons. The number of hydrogen-bond donors (Lipinski definition) is 4. The van der Waals surface area contributed by atoms with Gasteiger partial charge in [-0.3, -0.25) is 4.40 Å². The lowest BCUT2D eigenvalue weighted by molar-refractivity contribution is -0.193. The monoisotopic (exact) mass is 711 g/mol. The highest BCUT2D eigenvalue weighted by molar-refractivity contribution is 5.89. The predicted molar refractivity (Wildman–Crippen MR) is 150 cm³/mol. The lowest BCUT2D eigenvalue weighted by Crippen LogP contribution is -2.21. The van der Waals surface area contributed by atoms with E-state index >= 15 is 0 Å². The van der Waals surface area contributed by atoms with Crippen LogP contribution in [-0.2, 0) is 20.9 Å². The van der Waals surface area contributed by atoms with Crippen LogP contribution in [0.2, 0.25) is 0 Å². The van der Waals surface area contributed by atoms with Gasteiger partial charge in [0.25, 0.3) is 0 Å². The number of nitrogens with zero attached hydrogens (tertiary/aromatic N) is 6. The molecule has 4 aromatic heterocycles. The third-order valence-corrected chi connectivity index (χ3v) is 5.64. The van der Waals surface area contributed by atoms with Crippen LogP contribution < -0.4 is 5.32 Å². The van der Waals surface area contributed by atoms with Crippen LogP contribution in [0.1, 0.15) is 17.1 Å². The Labute approximate surface area is 267 Å². The van der Waals surface area contributed by atoms with Gasteiger partial charge in [-0.25, -0.2) is 24.4 Å². The average Bonchev–Trinajstić information content (AvgIpc) is 3.53. The molecular weight excluding hydrogens is 689 g/mol. The third-order valence-electron chi connectivity index (χ3n) is 5.64. The maximum atomic E-state index is 10.6. The topological polar surface area (TPSA) is 185 Å². The fourth-order valence-electron chi connectivity index (χ4n) is 3.59. The molecule has 0 bridgehead atoms. The predicted octanol–water partition coefficient (Wildman–Crippen LogP) is 5.78. The second-order valence-corrected chi connectivity index (χ2v) is 9.20. The van der Waals surface area contributed by atoms with Crippen LogP contribution >= 0.6 is 0 Å². The number of carbonyl (C=O) groups is 3. The molecule has 0 amide bonds. The maximum absolute atomic E-state index is 10.6. The summed E-state index contributed by atoms with van der Waals surface area (Å²) in [6.07, 6.45) is -11.8. The molecule has 0 saturated carbocycles. The Kier molecular flexibility index (Phi) is 12.6. The number of rotatable bonds is 4. The molecule has 0 unspecified atom stereocenters. The first kappa shape index (κ1) is 39.2. The van der Waals surface area contributed by atoms with Crippen molar-refractivity contribution in [1.82, 2.24) is 29.1 Å². The number of benzene rings is 1. The van der Waals surface area contributed by atoms with Crippen LogP contribution in [0.15, 0.2) is 60.9 Å². The molecule has 1 aromatic carbocycles. The van der Waals surface area contributed by atoms with Crippen LogP contribution in [0.5, 0.6) is 0 Å². The Hall–Kier alpha value is -5.96. The number of aromatic nitrogens is 6. The summed E-state index contributed by atoms with van der Waals surface area (Å²) in [6.45, 7) is 4.89. The van der Waals surface area contributed by atoms with Gasteiger partial charge < -0.3 is 25.2 Å². The number of aryl methyl sites for hydroxylation is 2. The highest BCUT2D eigenvalue weighted by Crippen LogP contribution is 2.29. The minimum Gasteiger partial charge on any atom is -0.475 e. The molecule has 0 atom stereocenters. The molecule has 0 aliphatic rings. The van der Waals surface area contributed by atoms with E-state index in [1.807, 2.05) is 13.0 Å².